The molecule has 0 bridgehead atoms. The van der Waals surface area contributed by atoms with Crippen LogP contribution < -0.4 is 9.86 Å². The summed E-state index contributed by atoms with van der Waals surface area (Å²) in [5, 5.41) is 5.02. The van der Waals surface area contributed by atoms with Crippen molar-refractivity contribution >= 4 is 25.7 Å². The zero-order valence-corrected chi connectivity index (χ0v) is 13.1. The van der Waals surface area contributed by atoms with Crippen molar-refractivity contribution in [3.63, 3.8) is 0 Å². The molecular formula is C13H13FN2O4S2. The normalized spacial score (nSPS) is 12.1. The molecule has 0 aromatic heterocycles. The average Bonchev–Trinajstić information content (AvgIpc) is 2.40. The van der Waals surface area contributed by atoms with Crippen LogP contribution in [0.2, 0.25) is 0 Å². The smallest absolute Gasteiger partial charge is 0.261 e. The van der Waals surface area contributed by atoms with Gasteiger partial charge in [0.25, 0.3) is 10.0 Å². The van der Waals surface area contributed by atoms with E-state index < -0.39 is 25.9 Å². The lowest BCUT2D eigenvalue weighted by molar-refractivity contribution is 0.596. The number of primary sulfonamides is 1. The van der Waals surface area contributed by atoms with E-state index in [4.69, 9.17) is 5.14 Å². The first-order valence-electron chi connectivity index (χ1n) is 6.01. The Morgan fingerprint density at radius 1 is 0.955 bits per heavy atom. The first-order valence-corrected chi connectivity index (χ1v) is 9.04. The monoisotopic (exact) mass is 344 g/mol. The topological polar surface area (TPSA) is 106 Å². The number of benzene rings is 2. The number of aryl methyl sites for hydroxylation is 1. The molecule has 118 valence electrons. The van der Waals surface area contributed by atoms with Crippen LogP contribution in [-0.2, 0) is 20.0 Å². The number of hydrogen-bond acceptors (Lipinski definition) is 4. The average molecular weight is 344 g/mol. The van der Waals surface area contributed by atoms with E-state index in [2.05, 4.69) is 4.72 Å². The summed E-state index contributed by atoms with van der Waals surface area (Å²) in [4.78, 5) is -0.357. The number of nitrogens with one attached hydrogen (secondary N) is 1. The minimum atomic E-state index is -3.97. The minimum Gasteiger partial charge on any atom is -0.279 e. The van der Waals surface area contributed by atoms with Crippen molar-refractivity contribution in [1.29, 1.82) is 0 Å². The summed E-state index contributed by atoms with van der Waals surface area (Å²) < 4.78 is 62.2. The van der Waals surface area contributed by atoms with Gasteiger partial charge in [-0.2, -0.15) is 0 Å². The first-order chi connectivity index (χ1) is 10.1. The molecule has 0 heterocycles. The van der Waals surface area contributed by atoms with Crippen LogP contribution in [-0.4, -0.2) is 16.8 Å². The summed E-state index contributed by atoms with van der Waals surface area (Å²) >= 11 is 0. The maximum atomic E-state index is 12.9. The molecule has 0 unspecified atom stereocenters. The van der Waals surface area contributed by atoms with Crippen LogP contribution in [0.15, 0.2) is 52.3 Å². The number of nitrogens with two attached hydrogens (primary N) is 1. The second-order valence-electron chi connectivity index (χ2n) is 4.58. The molecule has 0 radical (unpaired) electrons. The summed E-state index contributed by atoms with van der Waals surface area (Å²) in [6.07, 6.45) is 0. The fraction of sp³-hybridized carbons (Fsp3) is 0.0769. The van der Waals surface area contributed by atoms with Crippen molar-refractivity contribution in [3.8, 4) is 0 Å². The Morgan fingerprint density at radius 3 is 2.05 bits per heavy atom. The van der Waals surface area contributed by atoms with Crippen LogP contribution in [0.4, 0.5) is 10.1 Å². The largest absolute Gasteiger partial charge is 0.279 e. The van der Waals surface area contributed by atoms with E-state index in [-0.39, 0.29) is 15.5 Å². The molecule has 9 heteroatoms. The highest BCUT2D eigenvalue weighted by Crippen LogP contribution is 2.23. The molecule has 0 atom stereocenters. The highest BCUT2D eigenvalue weighted by atomic mass is 32.2. The molecule has 0 aliphatic carbocycles. The van der Waals surface area contributed by atoms with E-state index in [0.717, 1.165) is 30.3 Å². The minimum absolute atomic E-state index is 0.0795. The van der Waals surface area contributed by atoms with Gasteiger partial charge in [-0.05, 0) is 48.9 Å². The van der Waals surface area contributed by atoms with E-state index >= 15 is 0 Å². The van der Waals surface area contributed by atoms with Crippen molar-refractivity contribution in [2.24, 2.45) is 5.14 Å². The molecule has 0 aliphatic heterocycles. The van der Waals surface area contributed by atoms with Gasteiger partial charge in [-0.3, -0.25) is 4.72 Å². The molecule has 0 aliphatic rings. The summed E-state index contributed by atoms with van der Waals surface area (Å²) in [7, 11) is -7.92. The highest BCUT2D eigenvalue weighted by Gasteiger charge is 2.17. The lowest BCUT2D eigenvalue weighted by Crippen LogP contribution is -2.16. The third-order valence-corrected chi connectivity index (χ3v) is 5.20. The van der Waals surface area contributed by atoms with E-state index in [1.807, 2.05) is 0 Å². The quantitative estimate of drug-likeness (QED) is 0.878. The molecule has 2 rings (SSSR count). The predicted molar refractivity (Wildman–Crippen MR) is 79.8 cm³/mol. The molecule has 0 saturated heterocycles. The maximum absolute atomic E-state index is 12.9. The van der Waals surface area contributed by atoms with Crippen LogP contribution in [0.1, 0.15) is 5.56 Å². The lowest BCUT2D eigenvalue weighted by Gasteiger charge is -2.11. The Labute approximate surface area is 127 Å². The standard InChI is InChI=1S/C13H13FN2O4S2/c1-9-2-5-12(21(15,17)18)8-13(9)16-22(19,20)11-6-3-10(14)4-7-11/h2-8,16H,1H3,(H2,15,17,18). The van der Waals surface area contributed by atoms with Crippen molar-refractivity contribution in [3.05, 3.63) is 53.8 Å². The second-order valence-corrected chi connectivity index (χ2v) is 7.82. The zero-order valence-electron chi connectivity index (χ0n) is 11.4. The predicted octanol–water partition coefficient (Wildman–Crippen LogP) is 1.58. The van der Waals surface area contributed by atoms with Gasteiger partial charge >= 0.3 is 0 Å². The van der Waals surface area contributed by atoms with Crippen molar-refractivity contribution in [2.45, 2.75) is 16.7 Å². The molecule has 22 heavy (non-hydrogen) atoms. The zero-order chi connectivity index (χ0) is 16.5. The van der Waals surface area contributed by atoms with Gasteiger partial charge in [-0.1, -0.05) is 6.07 Å². The number of rotatable bonds is 4. The van der Waals surface area contributed by atoms with Crippen LogP contribution in [0.5, 0.6) is 0 Å². The van der Waals surface area contributed by atoms with Crippen molar-refractivity contribution in [1.82, 2.24) is 0 Å². The van der Waals surface area contributed by atoms with Crippen LogP contribution in [0.3, 0.4) is 0 Å². The highest BCUT2D eigenvalue weighted by molar-refractivity contribution is 7.92. The molecule has 0 saturated carbocycles. The van der Waals surface area contributed by atoms with Gasteiger partial charge in [0.15, 0.2) is 0 Å². The Kier molecular flexibility index (Phi) is 4.23. The number of halogens is 1. The molecule has 6 nitrogen and oxygen atoms in total. The molecular weight excluding hydrogens is 331 g/mol. The van der Waals surface area contributed by atoms with Crippen molar-refractivity contribution < 1.29 is 21.2 Å². The Hall–Kier alpha value is -1.97. The Balaban J connectivity index is 2.43. The Morgan fingerprint density at radius 2 is 1.50 bits per heavy atom. The van der Waals surface area contributed by atoms with Crippen LogP contribution in [0.25, 0.3) is 0 Å². The van der Waals surface area contributed by atoms with Gasteiger partial charge < -0.3 is 0 Å². The lowest BCUT2D eigenvalue weighted by atomic mass is 10.2. The van der Waals surface area contributed by atoms with E-state index in [1.54, 1.807) is 6.92 Å². The number of anilines is 1. The van der Waals surface area contributed by atoms with Gasteiger partial charge in [0, 0.05) is 0 Å². The van der Waals surface area contributed by atoms with E-state index in [1.165, 1.54) is 12.1 Å². The second kappa shape index (κ2) is 5.67. The molecule has 0 fully saturated rings. The van der Waals surface area contributed by atoms with Crippen LogP contribution in [0, 0.1) is 12.7 Å². The Bertz CT molecular complexity index is 908. The maximum Gasteiger partial charge on any atom is 0.261 e. The van der Waals surface area contributed by atoms with Crippen molar-refractivity contribution in [2.75, 3.05) is 4.72 Å². The van der Waals surface area contributed by atoms with Gasteiger partial charge in [-0.15, -0.1) is 0 Å². The van der Waals surface area contributed by atoms with Gasteiger partial charge in [0.1, 0.15) is 5.82 Å². The van der Waals surface area contributed by atoms with Gasteiger partial charge in [0.05, 0.1) is 15.5 Å². The van der Waals surface area contributed by atoms with E-state index in [0.29, 0.717) is 5.56 Å². The summed E-state index contributed by atoms with van der Waals surface area (Å²) in [5.74, 6) is -0.564. The first kappa shape index (κ1) is 16.4. The van der Waals surface area contributed by atoms with Gasteiger partial charge in [0.2, 0.25) is 10.0 Å². The van der Waals surface area contributed by atoms with Gasteiger partial charge in [-0.25, -0.2) is 26.4 Å². The summed E-state index contributed by atoms with van der Waals surface area (Å²) in [6.45, 7) is 1.61. The molecule has 0 spiro atoms. The molecule has 0 amide bonds. The van der Waals surface area contributed by atoms with Crippen LogP contribution >= 0.6 is 0 Å². The molecule has 2 aromatic rings. The number of sulfonamides is 2. The summed E-state index contributed by atoms with van der Waals surface area (Å²) in [5.41, 5.74) is 0.592. The number of hydrogen-bond donors (Lipinski definition) is 2. The molecule has 3 N–H and O–H groups in total. The fourth-order valence-corrected chi connectivity index (χ4v) is 3.37. The molecule has 2 aromatic carbocycles. The third kappa shape index (κ3) is 3.62. The fourth-order valence-electron chi connectivity index (χ4n) is 1.71. The third-order valence-electron chi connectivity index (χ3n) is 2.91. The van der Waals surface area contributed by atoms with E-state index in [9.17, 15) is 21.2 Å². The SMILES string of the molecule is Cc1ccc(S(N)(=O)=O)cc1NS(=O)(=O)c1ccc(F)cc1. The summed E-state index contributed by atoms with van der Waals surface area (Å²) in [6, 6.07) is 8.09.